The third-order valence-corrected chi connectivity index (χ3v) is 4.64. The first kappa shape index (κ1) is 18.8. The molecule has 0 atom stereocenters. The first-order valence-corrected chi connectivity index (χ1v) is 9.37. The van der Waals surface area contributed by atoms with Crippen LogP contribution >= 0.6 is 0 Å². The molecule has 0 bridgehead atoms. The number of aryl methyl sites for hydroxylation is 1. The highest BCUT2D eigenvalue weighted by molar-refractivity contribution is 5.96. The van der Waals surface area contributed by atoms with Crippen LogP contribution in [-0.2, 0) is 13.0 Å². The van der Waals surface area contributed by atoms with Gasteiger partial charge in [-0.3, -0.25) is 9.78 Å². The Kier molecular flexibility index (Phi) is 5.69. The van der Waals surface area contributed by atoms with Gasteiger partial charge in [0.15, 0.2) is 0 Å². The van der Waals surface area contributed by atoms with Gasteiger partial charge in [-0.15, -0.1) is 0 Å². The lowest BCUT2D eigenvalue weighted by Gasteiger charge is -2.11. The van der Waals surface area contributed by atoms with E-state index in [0.717, 1.165) is 34.6 Å². The zero-order valence-corrected chi connectivity index (χ0v) is 16.4. The van der Waals surface area contributed by atoms with Crippen LogP contribution in [0.3, 0.4) is 0 Å². The number of benzene rings is 1. The van der Waals surface area contributed by atoms with E-state index in [2.05, 4.69) is 44.1 Å². The third kappa shape index (κ3) is 3.92. The molecule has 3 rings (SSSR count). The van der Waals surface area contributed by atoms with Crippen molar-refractivity contribution < 1.29 is 4.79 Å². The van der Waals surface area contributed by atoms with Crippen molar-refractivity contribution in [1.29, 1.82) is 0 Å². The Hall–Kier alpha value is -2.95. The quantitative estimate of drug-likeness (QED) is 0.715. The molecule has 5 heteroatoms. The average Bonchev–Trinajstić information content (AvgIpc) is 3.07. The number of hydrogen-bond donors (Lipinski definition) is 1. The lowest BCUT2D eigenvalue weighted by molar-refractivity contribution is 0.0948. The Labute approximate surface area is 160 Å². The monoisotopic (exact) mass is 362 g/mol. The number of pyridine rings is 1. The Bertz CT molecular complexity index is 929. The summed E-state index contributed by atoms with van der Waals surface area (Å²) in [4.78, 5) is 17.2. The molecule has 0 saturated carbocycles. The Morgan fingerprint density at radius 2 is 1.96 bits per heavy atom. The zero-order chi connectivity index (χ0) is 19.4. The first-order chi connectivity index (χ1) is 13.0. The summed E-state index contributed by atoms with van der Waals surface area (Å²) in [5, 5.41) is 7.86. The Balaban J connectivity index is 2.00. The fourth-order valence-electron chi connectivity index (χ4n) is 3.22. The minimum Gasteiger partial charge on any atom is -0.348 e. The number of para-hydroxylation sites is 1. The molecule has 0 unspecified atom stereocenters. The molecule has 0 aliphatic rings. The van der Waals surface area contributed by atoms with Crippen LogP contribution in [0, 0.1) is 6.92 Å². The molecule has 0 aliphatic heterocycles. The van der Waals surface area contributed by atoms with Crippen molar-refractivity contribution in [2.24, 2.45) is 0 Å². The molecule has 0 spiro atoms. The lowest BCUT2D eigenvalue weighted by Crippen LogP contribution is -2.25. The maximum Gasteiger partial charge on any atom is 0.255 e. The first-order valence-electron chi connectivity index (χ1n) is 9.37. The average molecular weight is 362 g/mol. The number of nitrogens with one attached hydrogen (secondary N) is 1. The molecule has 0 fully saturated rings. The lowest BCUT2D eigenvalue weighted by atomic mass is 10.0. The van der Waals surface area contributed by atoms with Crippen molar-refractivity contribution in [3.63, 3.8) is 0 Å². The molecule has 0 aliphatic carbocycles. The van der Waals surface area contributed by atoms with E-state index in [9.17, 15) is 4.79 Å². The second kappa shape index (κ2) is 8.16. The summed E-state index contributed by atoms with van der Waals surface area (Å²) in [6, 6.07) is 11.9. The van der Waals surface area contributed by atoms with Crippen LogP contribution in [0.4, 0.5) is 0 Å². The molecule has 27 heavy (non-hydrogen) atoms. The van der Waals surface area contributed by atoms with Gasteiger partial charge in [-0.05, 0) is 42.5 Å². The maximum atomic E-state index is 13.1. The number of amides is 1. The number of aromatic nitrogens is 3. The smallest absolute Gasteiger partial charge is 0.255 e. The SMILES string of the molecule is CCc1c(C(=O)NCc2cccnc2)c(C(C)C)nn1-c1ccccc1C. The van der Waals surface area contributed by atoms with E-state index in [0.29, 0.717) is 12.1 Å². The molecular formula is C22H26N4O. The molecule has 5 nitrogen and oxygen atoms in total. The van der Waals surface area contributed by atoms with Crippen molar-refractivity contribution in [2.45, 2.75) is 46.6 Å². The van der Waals surface area contributed by atoms with Crippen LogP contribution in [0.25, 0.3) is 5.69 Å². The van der Waals surface area contributed by atoms with E-state index in [1.807, 2.05) is 35.0 Å². The van der Waals surface area contributed by atoms with E-state index >= 15 is 0 Å². The Morgan fingerprint density at radius 1 is 1.19 bits per heavy atom. The van der Waals surface area contributed by atoms with E-state index in [4.69, 9.17) is 5.10 Å². The minimum atomic E-state index is -0.0840. The Morgan fingerprint density at radius 3 is 2.59 bits per heavy atom. The predicted molar refractivity (Wildman–Crippen MR) is 107 cm³/mol. The molecule has 3 aromatic rings. The van der Waals surface area contributed by atoms with Gasteiger partial charge in [0, 0.05) is 18.9 Å². The highest BCUT2D eigenvalue weighted by atomic mass is 16.1. The summed E-state index contributed by atoms with van der Waals surface area (Å²) < 4.78 is 1.93. The fourth-order valence-corrected chi connectivity index (χ4v) is 3.22. The molecule has 2 heterocycles. The molecular weight excluding hydrogens is 336 g/mol. The second-order valence-corrected chi connectivity index (χ2v) is 6.96. The molecule has 0 saturated heterocycles. The van der Waals surface area contributed by atoms with Gasteiger partial charge in [0.05, 0.1) is 22.6 Å². The number of carbonyl (C=O) groups is 1. The molecule has 1 N–H and O–H groups in total. The van der Waals surface area contributed by atoms with Gasteiger partial charge < -0.3 is 5.32 Å². The molecule has 0 radical (unpaired) electrons. The van der Waals surface area contributed by atoms with Gasteiger partial charge in [-0.1, -0.05) is 45.0 Å². The summed E-state index contributed by atoms with van der Waals surface area (Å²) in [6.07, 6.45) is 4.22. The largest absolute Gasteiger partial charge is 0.348 e. The van der Waals surface area contributed by atoms with Crippen molar-refractivity contribution in [3.05, 3.63) is 76.9 Å². The van der Waals surface area contributed by atoms with E-state index in [1.165, 1.54) is 0 Å². The standard InChI is InChI=1S/C22H26N4O/c1-5-18-20(22(27)24-14-17-10-8-12-23-13-17)21(15(2)3)25-26(18)19-11-7-6-9-16(19)4/h6-13,15H,5,14H2,1-4H3,(H,24,27). The van der Waals surface area contributed by atoms with E-state index in [-0.39, 0.29) is 11.8 Å². The van der Waals surface area contributed by atoms with Crippen LogP contribution in [0.1, 0.15) is 59.6 Å². The topological polar surface area (TPSA) is 59.8 Å². The van der Waals surface area contributed by atoms with Crippen LogP contribution < -0.4 is 5.32 Å². The minimum absolute atomic E-state index is 0.0840. The summed E-state index contributed by atoms with van der Waals surface area (Å²) in [6.45, 7) is 8.72. The van der Waals surface area contributed by atoms with Crippen molar-refractivity contribution in [2.75, 3.05) is 0 Å². The van der Waals surface area contributed by atoms with Crippen molar-refractivity contribution >= 4 is 5.91 Å². The molecule has 2 aromatic heterocycles. The second-order valence-electron chi connectivity index (χ2n) is 6.96. The third-order valence-electron chi connectivity index (χ3n) is 4.64. The van der Waals surface area contributed by atoms with Gasteiger partial charge in [0.25, 0.3) is 5.91 Å². The molecule has 140 valence electrons. The van der Waals surface area contributed by atoms with Gasteiger partial charge in [0.1, 0.15) is 0 Å². The summed E-state index contributed by atoms with van der Waals surface area (Å²) in [5.41, 5.74) is 5.59. The van der Waals surface area contributed by atoms with E-state index in [1.54, 1.807) is 12.4 Å². The fraction of sp³-hybridized carbons (Fsp3) is 0.318. The summed E-state index contributed by atoms with van der Waals surface area (Å²) in [5.74, 6) is 0.0685. The number of hydrogen-bond acceptors (Lipinski definition) is 3. The number of nitrogens with zero attached hydrogens (tertiary/aromatic N) is 3. The van der Waals surface area contributed by atoms with Crippen LogP contribution in [0.5, 0.6) is 0 Å². The maximum absolute atomic E-state index is 13.1. The van der Waals surface area contributed by atoms with Crippen LogP contribution in [0.2, 0.25) is 0 Å². The molecule has 1 aromatic carbocycles. The summed E-state index contributed by atoms with van der Waals surface area (Å²) in [7, 11) is 0. The van der Waals surface area contributed by atoms with Gasteiger partial charge in [0.2, 0.25) is 0 Å². The zero-order valence-electron chi connectivity index (χ0n) is 16.4. The number of rotatable bonds is 6. The van der Waals surface area contributed by atoms with Crippen molar-refractivity contribution in [3.8, 4) is 5.69 Å². The highest BCUT2D eigenvalue weighted by Gasteiger charge is 2.25. The number of carbonyl (C=O) groups excluding carboxylic acids is 1. The van der Waals surface area contributed by atoms with Crippen LogP contribution in [-0.4, -0.2) is 20.7 Å². The summed E-state index contributed by atoms with van der Waals surface area (Å²) >= 11 is 0. The molecule has 1 amide bonds. The van der Waals surface area contributed by atoms with Gasteiger partial charge >= 0.3 is 0 Å². The van der Waals surface area contributed by atoms with Gasteiger partial charge in [-0.2, -0.15) is 5.10 Å². The van der Waals surface area contributed by atoms with Gasteiger partial charge in [-0.25, -0.2) is 4.68 Å². The highest BCUT2D eigenvalue weighted by Crippen LogP contribution is 2.26. The van der Waals surface area contributed by atoms with E-state index < -0.39 is 0 Å². The predicted octanol–water partition coefficient (Wildman–Crippen LogP) is 4.19. The van der Waals surface area contributed by atoms with Crippen LogP contribution in [0.15, 0.2) is 48.8 Å². The normalized spacial score (nSPS) is 11.0. The van der Waals surface area contributed by atoms with Crippen molar-refractivity contribution in [1.82, 2.24) is 20.1 Å².